The molecule has 4 nitrogen and oxygen atoms in total. The number of aliphatic hydroxyl groups is 1. The quantitative estimate of drug-likeness (QED) is 0.809. The summed E-state index contributed by atoms with van der Waals surface area (Å²) in [6.45, 7) is 9.32. The van der Waals surface area contributed by atoms with Crippen LogP contribution in [0.3, 0.4) is 0 Å². The van der Waals surface area contributed by atoms with E-state index in [1.807, 2.05) is 27.7 Å². The van der Waals surface area contributed by atoms with Crippen molar-refractivity contribution in [2.45, 2.75) is 46.1 Å². The SMILES string of the molecule is CC(CO)C1CCCN(C(=O)OC(C)(C)C)C1. The number of carbonyl (C=O) groups excluding carboxylic acids is 1. The molecule has 100 valence electrons. The van der Waals surface area contributed by atoms with Crippen molar-refractivity contribution in [2.24, 2.45) is 11.8 Å². The van der Waals surface area contributed by atoms with E-state index in [0.717, 1.165) is 19.4 Å². The molecule has 0 aliphatic carbocycles. The fourth-order valence-corrected chi connectivity index (χ4v) is 2.12. The lowest BCUT2D eigenvalue weighted by atomic mass is 9.87. The third-order valence-corrected chi connectivity index (χ3v) is 3.20. The topological polar surface area (TPSA) is 49.8 Å². The predicted octanol–water partition coefficient (Wildman–Crippen LogP) is 2.26. The summed E-state index contributed by atoms with van der Waals surface area (Å²) in [5.41, 5.74) is -0.438. The van der Waals surface area contributed by atoms with Gasteiger partial charge in [-0.1, -0.05) is 6.92 Å². The van der Waals surface area contributed by atoms with Gasteiger partial charge in [0.15, 0.2) is 0 Å². The second kappa shape index (κ2) is 5.71. The van der Waals surface area contributed by atoms with Gasteiger partial charge in [-0.3, -0.25) is 0 Å². The van der Waals surface area contributed by atoms with Crippen molar-refractivity contribution in [1.82, 2.24) is 4.90 Å². The van der Waals surface area contributed by atoms with Crippen LogP contribution < -0.4 is 0 Å². The smallest absolute Gasteiger partial charge is 0.410 e. The molecule has 0 radical (unpaired) electrons. The first kappa shape index (κ1) is 14.3. The summed E-state index contributed by atoms with van der Waals surface area (Å²) in [4.78, 5) is 13.7. The van der Waals surface area contributed by atoms with E-state index in [1.165, 1.54) is 0 Å². The van der Waals surface area contributed by atoms with Crippen LogP contribution in [0.4, 0.5) is 4.79 Å². The zero-order chi connectivity index (χ0) is 13.1. The Morgan fingerprint density at radius 2 is 2.18 bits per heavy atom. The van der Waals surface area contributed by atoms with Crippen LogP contribution in [0.1, 0.15) is 40.5 Å². The van der Waals surface area contributed by atoms with E-state index in [9.17, 15) is 4.79 Å². The highest BCUT2D eigenvalue weighted by Crippen LogP contribution is 2.24. The minimum absolute atomic E-state index is 0.187. The van der Waals surface area contributed by atoms with E-state index in [4.69, 9.17) is 9.84 Å². The minimum Gasteiger partial charge on any atom is -0.444 e. The molecule has 2 atom stereocenters. The molecule has 0 aromatic carbocycles. The Hall–Kier alpha value is -0.770. The highest BCUT2D eigenvalue weighted by molar-refractivity contribution is 5.68. The van der Waals surface area contributed by atoms with Crippen molar-refractivity contribution in [3.05, 3.63) is 0 Å². The van der Waals surface area contributed by atoms with Crippen molar-refractivity contribution >= 4 is 6.09 Å². The number of aliphatic hydroxyl groups excluding tert-OH is 1. The van der Waals surface area contributed by atoms with Crippen molar-refractivity contribution in [2.75, 3.05) is 19.7 Å². The van der Waals surface area contributed by atoms with E-state index >= 15 is 0 Å². The summed E-state index contributed by atoms with van der Waals surface area (Å²) in [6, 6.07) is 0. The standard InChI is InChI=1S/C13H25NO3/c1-10(9-15)11-6-5-7-14(8-11)12(16)17-13(2,3)4/h10-11,15H,5-9H2,1-4H3. The van der Waals surface area contributed by atoms with Gasteiger partial charge < -0.3 is 14.7 Å². The lowest BCUT2D eigenvalue weighted by Gasteiger charge is -2.36. The fourth-order valence-electron chi connectivity index (χ4n) is 2.12. The summed E-state index contributed by atoms with van der Waals surface area (Å²) in [6.07, 6.45) is 1.85. The van der Waals surface area contributed by atoms with Crippen LogP contribution in [0.15, 0.2) is 0 Å². The zero-order valence-corrected chi connectivity index (χ0v) is 11.4. The van der Waals surface area contributed by atoms with Gasteiger partial charge in [0, 0.05) is 19.7 Å². The first-order valence-electron chi connectivity index (χ1n) is 6.42. The molecule has 1 rings (SSSR count). The Bertz CT molecular complexity index is 260. The molecule has 0 saturated carbocycles. The predicted molar refractivity (Wildman–Crippen MR) is 66.8 cm³/mol. The Morgan fingerprint density at radius 1 is 1.53 bits per heavy atom. The maximum atomic E-state index is 11.9. The number of likely N-dealkylation sites (tertiary alicyclic amines) is 1. The van der Waals surface area contributed by atoms with Crippen molar-refractivity contribution < 1.29 is 14.6 Å². The van der Waals surface area contributed by atoms with Gasteiger partial charge in [-0.05, 0) is 45.4 Å². The van der Waals surface area contributed by atoms with Gasteiger partial charge in [-0.25, -0.2) is 4.79 Å². The van der Waals surface area contributed by atoms with Crippen LogP contribution in [0.5, 0.6) is 0 Å². The molecule has 0 spiro atoms. The monoisotopic (exact) mass is 243 g/mol. The summed E-state index contributed by atoms with van der Waals surface area (Å²) in [5, 5.41) is 9.16. The number of nitrogens with zero attached hydrogens (tertiary/aromatic N) is 1. The molecule has 4 heteroatoms. The number of hydrogen-bond acceptors (Lipinski definition) is 3. The molecule has 2 unspecified atom stereocenters. The van der Waals surface area contributed by atoms with Gasteiger partial charge >= 0.3 is 6.09 Å². The average Bonchev–Trinajstić information content (AvgIpc) is 2.26. The highest BCUT2D eigenvalue weighted by atomic mass is 16.6. The van der Waals surface area contributed by atoms with Gasteiger partial charge in [0.2, 0.25) is 0 Å². The second-order valence-electron chi connectivity index (χ2n) is 5.99. The third-order valence-electron chi connectivity index (χ3n) is 3.20. The normalized spacial score (nSPS) is 23.4. The Morgan fingerprint density at radius 3 is 2.71 bits per heavy atom. The van der Waals surface area contributed by atoms with E-state index in [0.29, 0.717) is 12.5 Å². The van der Waals surface area contributed by atoms with Crippen LogP contribution in [0, 0.1) is 11.8 Å². The number of carbonyl (C=O) groups is 1. The largest absolute Gasteiger partial charge is 0.444 e. The molecule has 1 fully saturated rings. The van der Waals surface area contributed by atoms with Gasteiger partial charge in [0.1, 0.15) is 5.60 Å². The average molecular weight is 243 g/mol. The summed E-state index contributed by atoms with van der Waals surface area (Å²) in [7, 11) is 0. The Kier molecular flexibility index (Phi) is 4.80. The Labute approximate surface area is 104 Å². The number of piperidine rings is 1. The van der Waals surface area contributed by atoms with E-state index in [2.05, 4.69) is 0 Å². The maximum Gasteiger partial charge on any atom is 0.410 e. The fraction of sp³-hybridized carbons (Fsp3) is 0.923. The molecule has 17 heavy (non-hydrogen) atoms. The summed E-state index contributed by atoms with van der Waals surface area (Å²) in [5.74, 6) is 0.640. The summed E-state index contributed by atoms with van der Waals surface area (Å²) >= 11 is 0. The molecule has 1 N–H and O–H groups in total. The molecule has 0 bridgehead atoms. The molecule has 0 aromatic heterocycles. The molecule has 0 aromatic rings. The van der Waals surface area contributed by atoms with Crippen LogP contribution in [0.25, 0.3) is 0 Å². The van der Waals surface area contributed by atoms with E-state index in [-0.39, 0.29) is 18.6 Å². The molecule has 1 amide bonds. The molecule has 1 heterocycles. The lowest BCUT2D eigenvalue weighted by molar-refractivity contribution is 0.0111. The zero-order valence-electron chi connectivity index (χ0n) is 11.4. The first-order chi connectivity index (χ1) is 7.83. The van der Waals surface area contributed by atoms with Gasteiger partial charge in [-0.2, -0.15) is 0 Å². The third kappa shape index (κ3) is 4.54. The number of hydrogen-bond donors (Lipinski definition) is 1. The van der Waals surface area contributed by atoms with Crippen LogP contribution >= 0.6 is 0 Å². The van der Waals surface area contributed by atoms with Gasteiger partial charge in [0.25, 0.3) is 0 Å². The number of ether oxygens (including phenoxy) is 1. The van der Waals surface area contributed by atoms with E-state index in [1.54, 1.807) is 4.90 Å². The summed E-state index contributed by atoms with van der Waals surface area (Å²) < 4.78 is 5.36. The highest BCUT2D eigenvalue weighted by Gasteiger charge is 2.29. The van der Waals surface area contributed by atoms with Crippen molar-refractivity contribution in [3.8, 4) is 0 Å². The molecule has 1 aliphatic rings. The van der Waals surface area contributed by atoms with Gasteiger partial charge in [-0.15, -0.1) is 0 Å². The van der Waals surface area contributed by atoms with E-state index < -0.39 is 5.60 Å². The second-order valence-corrected chi connectivity index (χ2v) is 5.99. The van der Waals surface area contributed by atoms with Crippen LogP contribution in [-0.4, -0.2) is 41.4 Å². The van der Waals surface area contributed by atoms with Crippen molar-refractivity contribution in [3.63, 3.8) is 0 Å². The number of rotatable bonds is 2. The molecular formula is C13H25NO3. The molecule has 1 aliphatic heterocycles. The molecule has 1 saturated heterocycles. The Balaban J connectivity index is 2.52. The van der Waals surface area contributed by atoms with Gasteiger partial charge in [0.05, 0.1) is 0 Å². The van der Waals surface area contributed by atoms with Crippen LogP contribution in [0.2, 0.25) is 0 Å². The van der Waals surface area contributed by atoms with Crippen molar-refractivity contribution in [1.29, 1.82) is 0 Å². The maximum absolute atomic E-state index is 11.9. The lowest BCUT2D eigenvalue weighted by Crippen LogP contribution is -2.44. The van der Waals surface area contributed by atoms with Crippen LogP contribution in [-0.2, 0) is 4.74 Å². The minimum atomic E-state index is -0.438. The molecular weight excluding hydrogens is 218 g/mol. The number of amides is 1. The first-order valence-corrected chi connectivity index (χ1v) is 6.42.